The molecule has 0 saturated heterocycles. The van der Waals surface area contributed by atoms with Crippen LogP contribution in [0.5, 0.6) is 0 Å². The van der Waals surface area contributed by atoms with Gasteiger partial charge in [-0.05, 0) is 37.0 Å². The highest BCUT2D eigenvalue weighted by atomic mass is 19.3. The molecule has 0 heterocycles. The number of nitrogens with one attached hydrogen (secondary N) is 1. The van der Waals surface area contributed by atoms with Crippen LogP contribution in [0.1, 0.15) is 52.9 Å². The molecule has 1 saturated carbocycles. The molecular weight excluding hydrogens is 274 g/mol. The first-order chi connectivity index (χ1) is 9.11. The van der Waals surface area contributed by atoms with Crippen LogP contribution in [0.15, 0.2) is 0 Å². The van der Waals surface area contributed by atoms with Gasteiger partial charge >= 0.3 is 12.3 Å². The Morgan fingerprint density at radius 1 is 1.20 bits per heavy atom. The van der Waals surface area contributed by atoms with Crippen LogP contribution in [0.25, 0.3) is 0 Å². The maximum Gasteiger partial charge on any atom is 0.383 e. The second-order valence-corrected chi connectivity index (χ2v) is 6.29. The molecule has 0 aromatic heterocycles. The third-order valence-corrected chi connectivity index (χ3v) is 4.66. The van der Waals surface area contributed by atoms with Crippen molar-refractivity contribution in [3.8, 4) is 0 Å². The van der Waals surface area contributed by atoms with Gasteiger partial charge in [0.15, 0.2) is 0 Å². The van der Waals surface area contributed by atoms with E-state index in [1.54, 1.807) is 0 Å². The fourth-order valence-electron chi connectivity index (χ4n) is 2.69. The van der Waals surface area contributed by atoms with Crippen molar-refractivity contribution >= 4 is 5.91 Å². The molecule has 0 aromatic rings. The van der Waals surface area contributed by atoms with E-state index in [0.717, 1.165) is 19.3 Å². The standard InChI is InChI=1S/C14H23F4NO/c1-4-13(2,3)9-5-7-10(8-6-9)19-12(20)14(17,18)11(15)16/h9-11H,4-8H2,1-3H3,(H,19,20). The zero-order chi connectivity index (χ0) is 15.6. The Balaban J connectivity index is 2.49. The molecule has 0 atom stereocenters. The minimum Gasteiger partial charge on any atom is -0.348 e. The average Bonchev–Trinajstić information content (AvgIpc) is 2.39. The topological polar surface area (TPSA) is 29.1 Å². The lowest BCUT2D eigenvalue weighted by molar-refractivity contribution is -0.170. The van der Waals surface area contributed by atoms with Gasteiger partial charge in [0.1, 0.15) is 0 Å². The van der Waals surface area contributed by atoms with E-state index in [4.69, 9.17) is 0 Å². The molecule has 20 heavy (non-hydrogen) atoms. The fraction of sp³-hybridized carbons (Fsp3) is 0.929. The van der Waals surface area contributed by atoms with Crippen LogP contribution in [0.3, 0.4) is 0 Å². The second kappa shape index (κ2) is 6.31. The van der Waals surface area contributed by atoms with Gasteiger partial charge in [-0.25, -0.2) is 8.78 Å². The number of carbonyl (C=O) groups is 1. The zero-order valence-corrected chi connectivity index (χ0v) is 12.2. The number of hydrogen-bond acceptors (Lipinski definition) is 1. The van der Waals surface area contributed by atoms with Gasteiger partial charge in [0, 0.05) is 6.04 Å². The molecular formula is C14H23F4NO. The summed E-state index contributed by atoms with van der Waals surface area (Å²) in [6.07, 6.45) is -0.146. The number of carbonyl (C=O) groups excluding carboxylic acids is 1. The highest BCUT2D eigenvalue weighted by molar-refractivity contribution is 5.84. The molecule has 1 N–H and O–H groups in total. The first-order valence-corrected chi connectivity index (χ1v) is 7.08. The van der Waals surface area contributed by atoms with Gasteiger partial charge in [0.05, 0.1) is 0 Å². The smallest absolute Gasteiger partial charge is 0.348 e. The molecule has 1 aliphatic rings. The number of halogens is 4. The molecule has 2 nitrogen and oxygen atoms in total. The van der Waals surface area contributed by atoms with Gasteiger partial charge in [0.25, 0.3) is 5.91 Å². The van der Waals surface area contributed by atoms with Crippen molar-refractivity contribution in [2.75, 3.05) is 0 Å². The van der Waals surface area contributed by atoms with Gasteiger partial charge in [-0.15, -0.1) is 0 Å². The minimum absolute atomic E-state index is 0.182. The molecule has 0 bridgehead atoms. The average molecular weight is 297 g/mol. The van der Waals surface area contributed by atoms with E-state index in [1.807, 2.05) is 0 Å². The molecule has 1 aliphatic carbocycles. The Labute approximate surface area is 117 Å². The predicted molar refractivity (Wildman–Crippen MR) is 68.9 cm³/mol. The maximum atomic E-state index is 12.9. The lowest BCUT2D eigenvalue weighted by Gasteiger charge is -2.39. The summed E-state index contributed by atoms with van der Waals surface area (Å²) in [5, 5.41) is 2.06. The SMILES string of the molecule is CCC(C)(C)C1CCC(NC(=O)C(F)(F)C(F)F)CC1. The third kappa shape index (κ3) is 3.85. The van der Waals surface area contributed by atoms with E-state index >= 15 is 0 Å². The molecule has 1 amide bonds. The summed E-state index contributed by atoms with van der Waals surface area (Å²) >= 11 is 0. The fourth-order valence-corrected chi connectivity index (χ4v) is 2.69. The quantitative estimate of drug-likeness (QED) is 0.764. The predicted octanol–water partition coefficient (Wildman–Crippen LogP) is 4.00. The van der Waals surface area contributed by atoms with Crippen molar-refractivity contribution in [1.82, 2.24) is 5.32 Å². The Kier molecular flexibility index (Phi) is 5.44. The van der Waals surface area contributed by atoms with Crippen molar-refractivity contribution < 1.29 is 22.4 Å². The molecule has 1 rings (SSSR count). The lowest BCUT2D eigenvalue weighted by atomic mass is 9.69. The van der Waals surface area contributed by atoms with Crippen molar-refractivity contribution in [3.63, 3.8) is 0 Å². The Morgan fingerprint density at radius 3 is 2.10 bits per heavy atom. The van der Waals surface area contributed by atoms with Crippen molar-refractivity contribution in [1.29, 1.82) is 0 Å². The van der Waals surface area contributed by atoms with Gasteiger partial charge in [-0.3, -0.25) is 4.79 Å². The van der Waals surface area contributed by atoms with Crippen LogP contribution in [-0.4, -0.2) is 24.3 Å². The first-order valence-electron chi connectivity index (χ1n) is 7.08. The van der Waals surface area contributed by atoms with Crippen molar-refractivity contribution in [2.45, 2.75) is 71.3 Å². The van der Waals surface area contributed by atoms with Crippen LogP contribution in [0.2, 0.25) is 0 Å². The van der Waals surface area contributed by atoms with E-state index in [9.17, 15) is 22.4 Å². The van der Waals surface area contributed by atoms with E-state index in [0.29, 0.717) is 18.8 Å². The largest absolute Gasteiger partial charge is 0.383 e. The molecule has 6 heteroatoms. The van der Waals surface area contributed by atoms with E-state index in [2.05, 4.69) is 26.1 Å². The summed E-state index contributed by atoms with van der Waals surface area (Å²) in [5.41, 5.74) is 0.182. The first kappa shape index (κ1) is 17.2. The van der Waals surface area contributed by atoms with Crippen LogP contribution >= 0.6 is 0 Å². The summed E-state index contributed by atoms with van der Waals surface area (Å²) in [6.45, 7) is 6.44. The second-order valence-electron chi connectivity index (χ2n) is 6.29. The van der Waals surface area contributed by atoms with E-state index in [1.165, 1.54) is 0 Å². The number of alkyl halides is 4. The Hall–Kier alpha value is -0.810. The van der Waals surface area contributed by atoms with Gasteiger partial charge in [-0.2, -0.15) is 8.78 Å². The number of amides is 1. The molecule has 1 fully saturated rings. The monoisotopic (exact) mass is 297 g/mol. The van der Waals surface area contributed by atoms with Gasteiger partial charge in [-0.1, -0.05) is 27.2 Å². The lowest BCUT2D eigenvalue weighted by Crippen LogP contribution is -2.50. The highest BCUT2D eigenvalue weighted by Crippen LogP contribution is 2.40. The van der Waals surface area contributed by atoms with E-state index < -0.39 is 24.3 Å². The summed E-state index contributed by atoms with van der Waals surface area (Å²) in [4.78, 5) is 11.2. The van der Waals surface area contributed by atoms with Crippen molar-refractivity contribution in [2.24, 2.45) is 11.3 Å². The summed E-state index contributed by atoms with van der Waals surface area (Å²) in [6, 6.07) is -0.420. The Bertz CT molecular complexity index is 336. The number of rotatable bonds is 5. The van der Waals surface area contributed by atoms with Crippen LogP contribution in [0.4, 0.5) is 17.6 Å². The van der Waals surface area contributed by atoms with Crippen molar-refractivity contribution in [3.05, 3.63) is 0 Å². The van der Waals surface area contributed by atoms with Gasteiger partial charge in [0.2, 0.25) is 0 Å². The molecule has 0 aliphatic heterocycles. The van der Waals surface area contributed by atoms with Crippen LogP contribution < -0.4 is 5.32 Å². The molecule has 0 spiro atoms. The Morgan fingerprint density at radius 2 is 1.70 bits per heavy atom. The maximum absolute atomic E-state index is 12.9. The van der Waals surface area contributed by atoms with E-state index in [-0.39, 0.29) is 5.41 Å². The molecule has 0 aromatic carbocycles. The van der Waals surface area contributed by atoms with Gasteiger partial charge < -0.3 is 5.32 Å². The number of hydrogen-bond donors (Lipinski definition) is 1. The minimum atomic E-state index is -4.60. The molecule has 0 radical (unpaired) electrons. The highest BCUT2D eigenvalue weighted by Gasteiger charge is 2.49. The normalized spacial score (nSPS) is 24.8. The summed E-state index contributed by atoms with van der Waals surface area (Å²) < 4.78 is 49.8. The summed E-state index contributed by atoms with van der Waals surface area (Å²) in [5.74, 6) is -5.97. The molecule has 118 valence electrons. The summed E-state index contributed by atoms with van der Waals surface area (Å²) in [7, 11) is 0. The zero-order valence-electron chi connectivity index (χ0n) is 12.2. The van der Waals surface area contributed by atoms with Crippen LogP contribution in [-0.2, 0) is 4.79 Å². The third-order valence-electron chi connectivity index (χ3n) is 4.66. The van der Waals surface area contributed by atoms with Crippen LogP contribution in [0, 0.1) is 11.3 Å². The molecule has 0 unspecified atom stereocenters.